The predicted octanol–water partition coefficient (Wildman–Crippen LogP) is 3.59. The molecule has 1 aromatic heterocycles. The maximum absolute atomic E-state index is 5.88. The van der Waals surface area contributed by atoms with Gasteiger partial charge in [-0.1, -0.05) is 33.1 Å². The molecule has 0 amide bonds. The number of halogens is 1. The predicted molar refractivity (Wildman–Crippen MR) is 80.8 cm³/mol. The van der Waals surface area contributed by atoms with E-state index in [2.05, 4.69) is 39.4 Å². The van der Waals surface area contributed by atoms with Crippen LogP contribution < -0.4 is 10.6 Å². The van der Waals surface area contributed by atoms with Gasteiger partial charge in [-0.15, -0.1) is 0 Å². The highest BCUT2D eigenvalue weighted by atomic mass is 35.5. The van der Waals surface area contributed by atoms with Crippen LogP contribution in [0.3, 0.4) is 0 Å². The van der Waals surface area contributed by atoms with E-state index in [0.717, 1.165) is 19.5 Å². The summed E-state index contributed by atoms with van der Waals surface area (Å²) in [4.78, 5) is 12.4. The Balaban J connectivity index is 2.55. The summed E-state index contributed by atoms with van der Waals surface area (Å²) >= 11 is 5.88. The maximum Gasteiger partial charge on any atom is 0.228 e. The molecule has 1 unspecified atom stereocenters. The van der Waals surface area contributed by atoms with Gasteiger partial charge in [-0.25, -0.2) is 0 Å². The van der Waals surface area contributed by atoms with Crippen LogP contribution in [-0.2, 0) is 0 Å². The van der Waals surface area contributed by atoms with E-state index in [4.69, 9.17) is 11.6 Å². The van der Waals surface area contributed by atoms with Crippen molar-refractivity contribution in [3.8, 4) is 0 Å². The molecular formula is C13H24ClN5. The van der Waals surface area contributed by atoms with Gasteiger partial charge in [0.15, 0.2) is 0 Å². The van der Waals surface area contributed by atoms with E-state index in [1.807, 2.05) is 6.92 Å². The number of hydrogen-bond acceptors (Lipinski definition) is 5. The zero-order valence-electron chi connectivity index (χ0n) is 12.0. The minimum absolute atomic E-state index is 0.218. The fourth-order valence-electron chi connectivity index (χ4n) is 1.85. The SMILES string of the molecule is CCCCC(CC)CNc1nc(Cl)nc(NCC)n1. The van der Waals surface area contributed by atoms with E-state index >= 15 is 0 Å². The normalized spacial score (nSPS) is 12.2. The monoisotopic (exact) mass is 285 g/mol. The topological polar surface area (TPSA) is 62.7 Å². The van der Waals surface area contributed by atoms with Crippen molar-refractivity contribution in [1.29, 1.82) is 0 Å². The maximum atomic E-state index is 5.88. The van der Waals surface area contributed by atoms with E-state index in [-0.39, 0.29) is 5.28 Å². The van der Waals surface area contributed by atoms with Crippen LogP contribution in [0.2, 0.25) is 5.28 Å². The van der Waals surface area contributed by atoms with Crippen molar-refractivity contribution in [1.82, 2.24) is 15.0 Å². The van der Waals surface area contributed by atoms with Gasteiger partial charge in [0, 0.05) is 13.1 Å². The fraction of sp³-hybridized carbons (Fsp3) is 0.769. The summed E-state index contributed by atoms with van der Waals surface area (Å²) in [6.45, 7) is 8.06. The molecule has 5 nitrogen and oxygen atoms in total. The molecule has 19 heavy (non-hydrogen) atoms. The van der Waals surface area contributed by atoms with Gasteiger partial charge < -0.3 is 10.6 Å². The number of aromatic nitrogens is 3. The van der Waals surface area contributed by atoms with Gasteiger partial charge in [0.25, 0.3) is 0 Å². The molecule has 6 heteroatoms. The standard InChI is InChI=1S/C13H24ClN5/c1-4-7-8-10(5-2)9-16-13-18-11(14)17-12(19-13)15-6-3/h10H,4-9H2,1-3H3,(H2,15,16,17,18,19). The average molecular weight is 286 g/mol. The van der Waals surface area contributed by atoms with E-state index < -0.39 is 0 Å². The molecule has 0 aliphatic heterocycles. The van der Waals surface area contributed by atoms with Gasteiger partial charge in [0.05, 0.1) is 0 Å². The molecule has 1 aromatic rings. The molecule has 0 aliphatic carbocycles. The van der Waals surface area contributed by atoms with Crippen LogP contribution in [0.4, 0.5) is 11.9 Å². The van der Waals surface area contributed by atoms with E-state index in [9.17, 15) is 0 Å². The summed E-state index contributed by atoms with van der Waals surface area (Å²) in [7, 11) is 0. The van der Waals surface area contributed by atoms with Gasteiger partial charge in [0.2, 0.25) is 17.2 Å². The molecule has 0 saturated carbocycles. The van der Waals surface area contributed by atoms with Gasteiger partial charge in [-0.3, -0.25) is 0 Å². The quantitative estimate of drug-likeness (QED) is 0.726. The minimum atomic E-state index is 0.218. The molecule has 1 heterocycles. The zero-order chi connectivity index (χ0) is 14.1. The van der Waals surface area contributed by atoms with Gasteiger partial charge in [0.1, 0.15) is 0 Å². The average Bonchev–Trinajstić information content (AvgIpc) is 2.39. The number of rotatable bonds is 9. The first-order chi connectivity index (χ1) is 9.19. The number of nitrogens with one attached hydrogen (secondary N) is 2. The summed E-state index contributed by atoms with van der Waals surface area (Å²) in [6.07, 6.45) is 4.89. The molecule has 1 rings (SSSR count). The third-order valence-corrected chi connectivity index (χ3v) is 3.20. The van der Waals surface area contributed by atoms with Gasteiger partial charge in [-0.05, 0) is 30.9 Å². The van der Waals surface area contributed by atoms with E-state index in [1.54, 1.807) is 0 Å². The van der Waals surface area contributed by atoms with Crippen molar-refractivity contribution in [2.45, 2.75) is 46.5 Å². The van der Waals surface area contributed by atoms with Gasteiger partial charge in [-0.2, -0.15) is 15.0 Å². The lowest BCUT2D eigenvalue weighted by atomic mass is 9.99. The lowest BCUT2D eigenvalue weighted by Gasteiger charge is -2.15. The van der Waals surface area contributed by atoms with E-state index in [0.29, 0.717) is 17.8 Å². The molecule has 1 atom stereocenters. The summed E-state index contributed by atoms with van der Waals surface area (Å²) in [5.41, 5.74) is 0. The highest BCUT2D eigenvalue weighted by molar-refractivity contribution is 6.28. The molecule has 0 spiro atoms. The van der Waals surface area contributed by atoms with Gasteiger partial charge >= 0.3 is 0 Å². The van der Waals surface area contributed by atoms with Crippen LogP contribution in [0.15, 0.2) is 0 Å². The highest BCUT2D eigenvalue weighted by Crippen LogP contribution is 2.14. The second-order valence-corrected chi connectivity index (χ2v) is 4.92. The van der Waals surface area contributed by atoms with Crippen molar-refractivity contribution in [2.24, 2.45) is 5.92 Å². The van der Waals surface area contributed by atoms with Crippen LogP contribution in [0.5, 0.6) is 0 Å². The molecule has 108 valence electrons. The molecule has 2 N–H and O–H groups in total. The third-order valence-electron chi connectivity index (χ3n) is 3.04. The lowest BCUT2D eigenvalue weighted by Crippen LogP contribution is -2.16. The summed E-state index contributed by atoms with van der Waals surface area (Å²) in [5.74, 6) is 1.72. The molecule has 0 bridgehead atoms. The van der Waals surface area contributed by atoms with Crippen molar-refractivity contribution in [2.75, 3.05) is 23.7 Å². The highest BCUT2D eigenvalue weighted by Gasteiger charge is 2.08. The Bertz CT molecular complexity index is 372. The first-order valence-corrected chi connectivity index (χ1v) is 7.46. The zero-order valence-corrected chi connectivity index (χ0v) is 12.8. The molecule has 0 fully saturated rings. The fourth-order valence-corrected chi connectivity index (χ4v) is 2.01. The Labute approximate surface area is 120 Å². The van der Waals surface area contributed by atoms with Crippen molar-refractivity contribution >= 4 is 23.5 Å². The first kappa shape index (κ1) is 16.0. The number of unbranched alkanes of at least 4 members (excludes halogenated alkanes) is 1. The molecule has 0 aromatic carbocycles. The second-order valence-electron chi connectivity index (χ2n) is 4.58. The van der Waals surface area contributed by atoms with Crippen LogP contribution in [0.25, 0.3) is 0 Å². The summed E-state index contributed by atoms with van der Waals surface area (Å²) in [6, 6.07) is 0. The summed E-state index contributed by atoms with van der Waals surface area (Å²) < 4.78 is 0. The second kappa shape index (κ2) is 8.91. The minimum Gasteiger partial charge on any atom is -0.354 e. The summed E-state index contributed by atoms with van der Waals surface area (Å²) in [5, 5.41) is 6.51. The number of nitrogens with zero attached hydrogens (tertiary/aromatic N) is 3. The molecule has 0 radical (unpaired) electrons. The smallest absolute Gasteiger partial charge is 0.228 e. The van der Waals surface area contributed by atoms with Crippen molar-refractivity contribution < 1.29 is 0 Å². The molecule has 0 saturated heterocycles. The number of anilines is 2. The molecule has 0 aliphatic rings. The lowest BCUT2D eigenvalue weighted by molar-refractivity contribution is 0.471. The van der Waals surface area contributed by atoms with Crippen LogP contribution in [-0.4, -0.2) is 28.0 Å². The Hall–Kier alpha value is -1.10. The number of hydrogen-bond donors (Lipinski definition) is 2. The van der Waals surface area contributed by atoms with Crippen molar-refractivity contribution in [3.05, 3.63) is 5.28 Å². The van der Waals surface area contributed by atoms with Crippen molar-refractivity contribution in [3.63, 3.8) is 0 Å². The first-order valence-electron chi connectivity index (χ1n) is 7.08. The van der Waals surface area contributed by atoms with Crippen LogP contribution in [0, 0.1) is 5.92 Å². The van der Waals surface area contributed by atoms with Crippen LogP contribution in [0.1, 0.15) is 46.5 Å². The Kier molecular flexibility index (Phi) is 7.48. The third kappa shape index (κ3) is 6.05. The Morgan fingerprint density at radius 3 is 2.32 bits per heavy atom. The molecular weight excluding hydrogens is 262 g/mol. The van der Waals surface area contributed by atoms with Crippen LogP contribution >= 0.6 is 11.6 Å². The Morgan fingerprint density at radius 2 is 1.74 bits per heavy atom. The van der Waals surface area contributed by atoms with E-state index in [1.165, 1.54) is 19.3 Å². The largest absolute Gasteiger partial charge is 0.354 e. The Morgan fingerprint density at radius 1 is 1.05 bits per heavy atom.